The molecule has 7 rings (SSSR count). The maximum absolute atomic E-state index is 14.1. The van der Waals surface area contributed by atoms with Crippen molar-refractivity contribution in [3.05, 3.63) is 71.0 Å². The van der Waals surface area contributed by atoms with Crippen molar-refractivity contribution in [1.82, 2.24) is 39.0 Å². The summed E-state index contributed by atoms with van der Waals surface area (Å²) < 4.78 is 56.4. The Morgan fingerprint density at radius 1 is 0.868 bits per heavy atom. The van der Waals surface area contributed by atoms with E-state index in [-0.39, 0.29) is 94.5 Å². The van der Waals surface area contributed by atoms with Gasteiger partial charge in [0.15, 0.2) is 23.9 Å². The molecule has 18 nitrogen and oxygen atoms in total. The molecule has 0 unspecified atom stereocenters. The molecule has 3 saturated heterocycles. The van der Waals surface area contributed by atoms with Crippen LogP contribution in [0.25, 0.3) is 17.1 Å². The van der Waals surface area contributed by atoms with E-state index in [4.69, 9.17) is 26.8 Å². The number of piperidine rings is 1. The zero-order valence-corrected chi connectivity index (χ0v) is 40.0. The first-order chi connectivity index (χ1) is 31.8. The third-order valence-corrected chi connectivity index (χ3v) is 12.5. The summed E-state index contributed by atoms with van der Waals surface area (Å²) in [6.07, 6.45) is -0.461. The standard InChI is InChI=1S/C46H57ClF3N11O7/c1-44(2,3)67-37(62)27-61(26-28-23-59(24-28)43(66)68-45(4,5)6)18-12-29(13-19-61)41(64)57-14-16-58(17-15-57)42(65)32-10-9-31(20-34(32)47)54-40(63)39-53-22-35(56(39)7)33-25-60(55-38(33)46(48,49)50)36-11-8-30(51)21-52-36/h8-11,20-22,25,28-29H,12-19,23-24,26-27,51H2,1-7H3/p+1. The van der Waals surface area contributed by atoms with Crippen molar-refractivity contribution in [3.63, 3.8) is 0 Å². The number of carbonyl (C=O) groups excluding carboxylic acids is 5. The van der Waals surface area contributed by atoms with Gasteiger partial charge in [-0.05, 0) is 71.9 Å². The van der Waals surface area contributed by atoms with Crippen molar-refractivity contribution in [2.45, 2.75) is 71.8 Å². The van der Waals surface area contributed by atoms with Crippen LogP contribution < -0.4 is 11.1 Å². The highest BCUT2D eigenvalue weighted by Crippen LogP contribution is 2.37. The van der Waals surface area contributed by atoms with Crippen LogP contribution in [0.1, 0.15) is 81.1 Å². The number of nitrogens with two attached hydrogens (primary N) is 1. The lowest BCUT2D eigenvalue weighted by Crippen LogP contribution is -2.64. The Balaban J connectivity index is 0.930. The molecule has 0 bridgehead atoms. The number of ether oxygens (including phenoxy) is 2. The summed E-state index contributed by atoms with van der Waals surface area (Å²) in [6, 6.07) is 7.25. The normalized spacial score (nSPS) is 19.3. The van der Waals surface area contributed by atoms with Crippen molar-refractivity contribution in [1.29, 1.82) is 0 Å². The Hall–Kier alpha value is -6.22. The largest absolute Gasteiger partial charge is 0.456 e. The quantitative estimate of drug-likeness (QED) is 0.142. The number of pyridine rings is 1. The molecular formula is C46H58ClF3N11O7+. The number of alkyl halides is 3. The number of halogens is 4. The summed E-state index contributed by atoms with van der Waals surface area (Å²) in [6.45, 7) is 15.3. The molecule has 0 aliphatic carbocycles. The molecule has 366 valence electrons. The van der Waals surface area contributed by atoms with E-state index in [1.807, 2.05) is 41.5 Å². The molecule has 0 spiro atoms. The summed E-state index contributed by atoms with van der Waals surface area (Å²) in [7, 11) is 1.40. The number of nitrogens with one attached hydrogen (secondary N) is 1. The van der Waals surface area contributed by atoms with Crippen LogP contribution in [-0.2, 0) is 32.3 Å². The van der Waals surface area contributed by atoms with Crippen LogP contribution in [0.5, 0.6) is 0 Å². The van der Waals surface area contributed by atoms with E-state index in [0.29, 0.717) is 68.8 Å². The van der Waals surface area contributed by atoms with Gasteiger partial charge in [-0.25, -0.2) is 24.2 Å². The van der Waals surface area contributed by atoms with Gasteiger partial charge in [-0.1, -0.05) is 11.6 Å². The van der Waals surface area contributed by atoms with Gasteiger partial charge in [0.2, 0.25) is 5.91 Å². The third-order valence-electron chi connectivity index (χ3n) is 12.2. The van der Waals surface area contributed by atoms with Gasteiger partial charge in [0.25, 0.3) is 11.8 Å². The lowest BCUT2D eigenvalue weighted by atomic mass is 9.90. The van der Waals surface area contributed by atoms with Crippen molar-refractivity contribution in [2.75, 3.05) is 76.5 Å². The van der Waals surface area contributed by atoms with Crippen LogP contribution in [0.4, 0.5) is 29.3 Å². The van der Waals surface area contributed by atoms with Crippen LogP contribution >= 0.6 is 11.6 Å². The van der Waals surface area contributed by atoms with Crippen LogP contribution in [0.15, 0.2) is 48.9 Å². The SMILES string of the molecule is Cn1c(-c2cn(-c3ccc(N)cn3)nc2C(F)(F)F)cnc1C(=O)Nc1ccc(C(=O)N2CCN(C(=O)C3CC[N+](CC(=O)OC(C)(C)C)(CC4CN(C(=O)OC(C)(C)C)C4)CC3)CC2)c(Cl)c1. The molecule has 68 heavy (non-hydrogen) atoms. The molecular weight excluding hydrogens is 911 g/mol. The summed E-state index contributed by atoms with van der Waals surface area (Å²) in [5, 5.41) is 6.42. The Kier molecular flexibility index (Phi) is 13.9. The summed E-state index contributed by atoms with van der Waals surface area (Å²) in [4.78, 5) is 80.0. The monoisotopic (exact) mass is 968 g/mol. The van der Waals surface area contributed by atoms with Gasteiger partial charge in [-0.15, -0.1) is 0 Å². The predicted octanol–water partition coefficient (Wildman–Crippen LogP) is 5.89. The van der Waals surface area contributed by atoms with E-state index in [9.17, 15) is 37.1 Å². The molecule has 0 radical (unpaired) electrons. The van der Waals surface area contributed by atoms with E-state index >= 15 is 0 Å². The summed E-state index contributed by atoms with van der Waals surface area (Å²) >= 11 is 6.60. The Labute approximate surface area is 397 Å². The Morgan fingerprint density at radius 3 is 2.10 bits per heavy atom. The van der Waals surface area contributed by atoms with Crippen LogP contribution in [0.2, 0.25) is 5.02 Å². The predicted molar refractivity (Wildman–Crippen MR) is 244 cm³/mol. The van der Waals surface area contributed by atoms with Crippen LogP contribution in [0.3, 0.4) is 0 Å². The maximum Gasteiger partial charge on any atom is 0.435 e. The second kappa shape index (κ2) is 19.0. The van der Waals surface area contributed by atoms with Crippen molar-refractivity contribution >= 4 is 52.8 Å². The third kappa shape index (κ3) is 11.5. The first-order valence-corrected chi connectivity index (χ1v) is 22.8. The smallest absolute Gasteiger partial charge is 0.435 e. The molecule has 4 aromatic rings. The molecule has 6 heterocycles. The number of amides is 4. The van der Waals surface area contributed by atoms with Crippen molar-refractivity contribution in [3.8, 4) is 17.1 Å². The molecule has 0 atom stereocenters. The molecule has 3 aromatic heterocycles. The lowest BCUT2D eigenvalue weighted by Gasteiger charge is -2.49. The summed E-state index contributed by atoms with van der Waals surface area (Å²) in [5.41, 5.74) is 3.59. The lowest BCUT2D eigenvalue weighted by molar-refractivity contribution is -0.930. The Morgan fingerprint density at radius 2 is 1.51 bits per heavy atom. The first kappa shape index (κ1) is 49.7. The number of esters is 1. The topological polar surface area (TPSA) is 200 Å². The first-order valence-electron chi connectivity index (χ1n) is 22.4. The fourth-order valence-corrected chi connectivity index (χ4v) is 9.19. The van der Waals surface area contributed by atoms with Gasteiger partial charge in [-0.2, -0.15) is 18.3 Å². The number of anilines is 2. The van der Waals surface area contributed by atoms with Gasteiger partial charge < -0.3 is 44.3 Å². The van der Waals surface area contributed by atoms with E-state index < -0.39 is 29.0 Å². The molecule has 0 saturated carbocycles. The average molecular weight is 969 g/mol. The fraction of sp³-hybridized carbons (Fsp3) is 0.522. The second-order valence-electron chi connectivity index (χ2n) is 19.8. The Bertz CT molecular complexity index is 2550. The highest BCUT2D eigenvalue weighted by molar-refractivity contribution is 6.34. The van der Waals surface area contributed by atoms with Gasteiger partial charge >= 0.3 is 18.2 Å². The minimum Gasteiger partial charge on any atom is -0.456 e. The molecule has 22 heteroatoms. The zero-order chi connectivity index (χ0) is 49.5. The number of piperazine rings is 1. The maximum atomic E-state index is 14.1. The fourth-order valence-electron chi connectivity index (χ4n) is 8.93. The van der Waals surface area contributed by atoms with E-state index in [0.717, 1.165) is 17.1 Å². The van der Waals surface area contributed by atoms with E-state index in [2.05, 4.69) is 20.4 Å². The van der Waals surface area contributed by atoms with Gasteiger partial charge in [0.1, 0.15) is 11.2 Å². The van der Waals surface area contributed by atoms with Gasteiger partial charge in [0.05, 0.1) is 59.6 Å². The number of carbonyl (C=O) groups is 5. The van der Waals surface area contributed by atoms with E-state index in [1.165, 1.54) is 48.1 Å². The second-order valence-corrected chi connectivity index (χ2v) is 20.2. The highest BCUT2D eigenvalue weighted by atomic mass is 35.5. The molecule has 3 aliphatic rings. The number of rotatable bonds is 10. The molecule has 3 N–H and O–H groups in total. The van der Waals surface area contributed by atoms with Crippen LogP contribution in [0, 0.1) is 11.8 Å². The molecule has 3 fully saturated rings. The molecule has 1 aromatic carbocycles. The number of hydrogen-bond acceptors (Lipinski definition) is 11. The van der Waals surface area contributed by atoms with E-state index in [1.54, 1.807) is 14.7 Å². The van der Waals surface area contributed by atoms with Crippen molar-refractivity contribution in [2.24, 2.45) is 18.9 Å². The number of likely N-dealkylation sites (tertiary alicyclic amines) is 2. The summed E-state index contributed by atoms with van der Waals surface area (Å²) in [5.74, 6) is -1.56. The molecule has 4 amide bonds. The number of aromatic nitrogens is 5. The van der Waals surface area contributed by atoms with Gasteiger partial charge in [-0.3, -0.25) is 14.4 Å². The number of imidazole rings is 1. The van der Waals surface area contributed by atoms with Crippen LogP contribution in [-0.4, -0.2) is 150 Å². The van der Waals surface area contributed by atoms with Crippen molar-refractivity contribution < 1.29 is 51.1 Å². The highest BCUT2D eigenvalue weighted by Gasteiger charge is 2.46. The number of quaternary nitrogens is 1. The average Bonchev–Trinajstić information content (AvgIpc) is 3.85. The molecule has 3 aliphatic heterocycles. The number of nitrogen functional groups attached to an aromatic ring is 1. The number of nitrogens with zero attached hydrogens (tertiary/aromatic N) is 9. The number of hydrogen-bond donors (Lipinski definition) is 2. The number of benzene rings is 1. The minimum absolute atomic E-state index is 0.0104. The zero-order valence-electron chi connectivity index (χ0n) is 39.2. The van der Waals surface area contributed by atoms with Gasteiger partial charge in [0, 0.05) is 82.9 Å². The minimum atomic E-state index is -4.84.